The van der Waals surface area contributed by atoms with Crippen LogP contribution in [0, 0.1) is 0 Å². The number of hydrogen-bond donors (Lipinski definition) is 1. The van der Waals surface area contributed by atoms with E-state index in [9.17, 15) is 9.90 Å². The minimum Gasteiger partial charge on any atom is -0.393 e. The third kappa shape index (κ3) is 7.73. The van der Waals surface area contributed by atoms with E-state index in [1.807, 2.05) is 0 Å². The lowest BCUT2D eigenvalue weighted by Gasteiger charge is -2.05. The Morgan fingerprint density at radius 2 is 1.92 bits per heavy atom. The lowest BCUT2D eigenvalue weighted by Crippen LogP contribution is -2.06. The molecule has 0 bridgehead atoms. The first-order valence-electron chi connectivity index (χ1n) is 4.93. The first kappa shape index (κ1) is 11.6. The van der Waals surface area contributed by atoms with E-state index in [-0.39, 0.29) is 0 Å². The van der Waals surface area contributed by atoms with E-state index in [1.165, 1.54) is 25.7 Å². The minimum atomic E-state index is -0.399. The third-order valence-electron chi connectivity index (χ3n) is 2.01. The van der Waals surface area contributed by atoms with Gasteiger partial charge in [0.2, 0.25) is 0 Å². The number of aldehydes is 1. The normalized spacial score (nSPS) is 12.8. The molecular weight excluding hydrogens is 152 g/mol. The number of carbonyl (C=O) groups excluding carboxylic acids is 1. The monoisotopic (exact) mass is 172 g/mol. The van der Waals surface area contributed by atoms with Gasteiger partial charge in [-0.1, -0.05) is 39.0 Å². The van der Waals surface area contributed by atoms with Crippen molar-refractivity contribution in [2.75, 3.05) is 0 Å². The van der Waals surface area contributed by atoms with Crippen LogP contribution >= 0.6 is 0 Å². The van der Waals surface area contributed by atoms with Gasteiger partial charge < -0.3 is 9.90 Å². The van der Waals surface area contributed by atoms with E-state index in [2.05, 4.69) is 6.92 Å². The zero-order valence-electron chi connectivity index (χ0n) is 7.96. The molecule has 0 aliphatic heterocycles. The molecule has 0 aromatic carbocycles. The van der Waals surface area contributed by atoms with Gasteiger partial charge in [0.15, 0.2) is 0 Å². The lowest BCUT2D eigenvalue weighted by atomic mass is 10.1. The van der Waals surface area contributed by atoms with Crippen LogP contribution in [-0.2, 0) is 4.79 Å². The van der Waals surface area contributed by atoms with Crippen LogP contribution in [0.25, 0.3) is 0 Å². The van der Waals surface area contributed by atoms with E-state index in [0.29, 0.717) is 6.42 Å². The smallest absolute Gasteiger partial charge is 0.122 e. The summed E-state index contributed by atoms with van der Waals surface area (Å²) in [6.45, 7) is 2.18. The van der Waals surface area contributed by atoms with Gasteiger partial charge in [-0.05, 0) is 6.42 Å². The minimum absolute atomic E-state index is 0.299. The largest absolute Gasteiger partial charge is 0.393 e. The summed E-state index contributed by atoms with van der Waals surface area (Å²) in [5, 5.41) is 9.17. The van der Waals surface area contributed by atoms with Crippen LogP contribution in [-0.4, -0.2) is 17.5 Å². The molecule has 12 heavy (non-hydrogen) atoms. The van der Waals surface area contributed by atoms with Gasteiger partial charge in [0.25, 0.3) is 0 Å². The number of aliphatic hydroxyl groups is 1. The standard InChI is InChI=1S/C10H20O2/c1-2-3-4-5-6-7-10(12)8-9-11/h9-10,12H,2-8H2,1H3/t10-/m1/s1. The fraction of sp³-hybridized carbons (Fsp3) is 0.900. The molecule has 0 aliphatic carbocycles. The Hall–Kier alpha value is -0.370. The SMILES string of the molecule is CCCCCCC[C@@H](O)CC=O. The maximum atomic E-state index is 9.99. The molecule has 0 radical (unpaired) electrons. The third-order valence-corrected chi connectivity index (χ3v) is 2.01. The van der Waals surface area contributed by atoms with Gasteiger partial charge in [-0.2, -0.15) is 0 Å². The molecule has 0 aliphatic rings. The van der Waals surface area contributed by atoms with E-state index in [1.54, 1.807) is 0 Å². The van der Waals surface area contributed by atoms with Crippen molar-refractivity contribution in [1.82, 2.24) is 0 Å². The van der Waals surface area contributed by atoms with Gasteiger partial charge >= 0.3 is 0 Å². The van der Waals surface area contributed by atoms with Gasteiger partial charge in [0.1, 0.15) is 6.29 Å². The molecule has 0 unspecified atom stereocenters. The van der Waals surface area contributed by atoms with Crippen molar-refractivity contribution in [3.05, 3.63) is 0 Å². The second kappa shape index (κ2) is 8.72. The molecule has 1 atom stereocenters. The second-order valence-corrected chi connectivity index (χ2v) is 3.26. The Morgan fingerprint density at radius 3 is 2.50 bits per heavy atom. The van der Waals surface area contributed by atoms with Crippen molar-refractivity contribution >= 4 is 6.29 Å². The average molecular weight is 172 g/mol. The van der Waals surface area contributed by atoms with Crippen LogP contribution in [0.4, 0.5) is 0 Å². The van der Waals surface area contributed by atoms with E-state index in [0.717, 1.165) is 19.1 Å². The quantitative estimate of drug-likeness (QED) is 0.450. The number of unbranched alkanes of at least 4 members (excludes halogenated alkanes) is 4. The van der Waals surface area contributed by atoms with Crippen LogP contribution in [0.2, 0.25) is 0 Å². The zero-order valence-corrected chi connectivity index (χ0v) is 7.96. The van der Waals surface area contributed by atoms with Crippen molar-refractivity contribution in [3.8, 4) is 0 Å². The molecular formula is C10H20O2. The molecule has 1 N–H and O–H groups in total. The highest BCUT2D eigenvalue weighted by Gasteiger charge is 2.01. The summed E-state index contributed by atoms with van der Waals surface area (Å²) in [5.41, 5.74) is 0. The predicted molar refractivity (Wildman–Crippen MR) is 50.1 cm³/mol. The van der Waals surface area contributed by atoms with Gasteiger partial charge in [-0.3, -0.25) is 0 Å². The summed E-state index contributed by atoms with van der Waals surface area (Å²) in [7, 11) is 0. The van der Waals surface area contributed by atoms with Crippen LogP contribution < -0.4 is 0 Å². The Kier molecular flexibility index (Phi) is 8.46. The molecule has 0 aromatic rings. The van der Waals surface area contributed by atoms with Crippen molar-refractivity contribution in [1.29, 1.82) is 0 Å². The molecule has 0 heterocycles. The van der Waals surface area contributed by atoms with Gasteiger partial charge in [0, 0.05) is 6.42 Å². The number of hydrogen-bond acceptors (Lipinski definition) is 2. The topological polar surface area (TPSA) is 37.3 Å². The van der Waals surface area contributed by atoms with Crippen LogP contribution in [0.3, 0.4) is 0 Å². The number of aliphatic hydroxyl groups excluding tert-OH is 1. The molecule has 0 aromatic heterocycles. The predicted octanol–water partition coefficient (Wildman–Crippen LogP) is 2.30. The molecule has 0 saturated heterocycles. The zero-order chi connectivity index (χ0) is 9.23. The maximum Gasteiger partial charge on any atom is 0.122 e. The fourth-order valence-electron chi connectivity index (χ4n) is 1.21. The van der Waals surface area contributed by atoms with E-state index >= 15 is 0 Å². The van der Waals surface area contributed by atoms with Crippen LogP contribution in [0.1, 0.15) is 51.9 Å². The van der Waals surface area contributed by atoms with Crippen molar-refractivity contribution < 1.29 is 9.90 Å². The summed E-state index contributed by atoms with van der Waals surface area (Å²) in [5.74, 6) is 0. The van der Waals surface area contributed by atoms with E-state index < -0.39 is 6.10 Å². The average Bonchev–Trinajstić information content (AvgIpc) is 2.05. The molecule has 2 nitrogen and oxygen atoms in total. The summed E-state index contributed by atoms with van der Waals surface area (Å²) < 4.78 is 0. The Morgan fingerprint density at radius 1 is 1.25 bits per heavy atom. The van der Waals surface area contributed by atoms with E-state index in [4.69, 9.17) is 0 Å². The highest BCUT2D eigenvalue weighted by Crippen LogP contribution is 2.08. The first-order chi connectivity index (χ1) is 5.81. The summed E-state index contributed by atoms with van der Waals surface area (Å²) >= 11 is 0. The number of carbonyl (C=O) groups is 1. The van der Waals surface area contributed by atoms with Crippen molar-refractivity contribution in [3.63, 3.8) is 0 Å². The Bertz CT molecular complexity index is 102. The highest BCUT2D eigenvalue weighted by molar-refractivity contribution is 5.49. The Labute approximate surface area is 75.0 Å². The molecule has 72 valence electrons. The summed E-state index contributed by atoms with van der Waals surface area (Å²) in [6, 6.07) is 0. The summed E-state index contributed by atoms with van der Waals surface area (Å²) in [6.07, 6.45) is 7.49. The lowest BCUT2D eigenvalue weighted by molar-refractivity contribution is -0.109. The van der Waals surface area contributed by atoms with Crippen molar-refractivity contribution in [2.24, 2.45) is 0 Å². The van der Waals surface area contributed by atoms with Gasteiger partial charge in [0.05, 0.1) is 6.10 Å². The molecule has 2 heteroatoms. The summed E-state index contributed by atoms with van der Waals surface area (Å²) in [4.78, 5) is 9.99. The molecule has 0 fully saturated rings. The van der Waals surface area contributed by atoms with Gasteiger partial charge in [-0.25, -0.2) is 0 Å². The number of rotatable bonds is 8. The fourth-order valence-corrected chi connectivity index (χ4v) is 1.21. The van der Waals surface area contributed by atoms with Crippen molar-refractivity contribution in [2.45, 2.75) is 58.0 Å². The van der Waals surface area contributed by atoms with Crippen LogP contribution in [0.5, 0.6) is 0 Å². The van der Waals surface area contributed by atoms with Crippen LogP contribution in [0.15, 0.2) is 0 Å². The maximum absolute atomic E-state index is 9.99. The second-order valence-electron chi connectivity index (χ2n) is 3.26. The molecule has 0 amide bonds. The highest BCUT2D eigenvalue weighted by atomic mass is 16.3. The molecule has 0 saturated carbocycles. The molecule has 0 spiro atoms. The molecule has 0 rings (SSSR count). The first-order valence-corrected chi connectivity index (χ1v) is 4.93. The van der Waals surface area contributed by atoms with Gasteiger partial charge in [-0.15, -0.1) is 0 Å². The Balaban J connectivity index is 3.02.